The van der Waals surface area contributed by atoms with E-state index in [1.165, 1.54) is 0 Å². The van der Waals surface area contributed by atoms with Crippen molar-refractivity contribution in [3.05, 3.63) is 43.5 Å². The summed E-state index contributed by atoms with van der Waals surface area (Å²) >= 11 is 0. The molecule has 0 saturated carbocycles. The van der Waals surface area contributed by atoms with E-state index in [9.17, 15) is 54.0 Å². The van der Waals surface area contributed by atoms with Crippen LogP contribution in [0.15, 0.2) is 27.0 Å². The summed E-state index contributed by atoms with van der Waals surface area (Å²) in [4.78, 5) is 47.1. The largest absolute Gasteiger partial charge is 0.483 e. The fourth-order valence-corrected chi connectivity index (χ4v) is 5.63. The van der Waals surface area contributed by atoms with Gasteiger partial charge in [-0.2, -0.15) is 4.31 Å². The lowest BCUT2D eigenvalue weighted by atomic mass is 9.99. The molecule has 0 amide bonds. The number of rotatable bonds is 10. The van der Waals surface area contributed by atoms with Crippen molar-refractivity contribution in [3.8, 4) is 0 Å². The molecule has 3 rings (SSSR count). The monoisotopic (exact) mass is 591 g/mol. The molecule has 11 atom stereocenters. The van der Waals surface area contributed by atoms with E-state index in [0.717, 1.165) is 16.8 Å². The van der Waals surface area contributed by atoms with Crippen LogP contribution in [0.1, 0.15) is 6.23 Å². The minimum absolute atomic E-state index is 0.596. The fraction of sp³-hybridized carbons (Fsp3) is 0.733. The number of nitrogens with zero attached hydrogens (tertiary/aromatic N) is 4. The number of nitrogens with one attached hydrogen (secondary N) is 1. The zero-order valence-corrected chi connectivity index (χ0v) is 20.5. The molecule has 1 aromatic rings. The van der Waals surface area contributed by atoms with Crippen molar-refractivity contribution in [1.29, 1.82) is 0 Å². The van der Waals surface area contributed by atoms with Gasteiger partial charge in [-0.3, -0.25) is 23.4 Å². The Morgan fingerprint density at radius 3 is 2.29 bits per heavy atom. The number of phosphoric acid groups is 2. The Morgan fingerprint density at radius 2 is 1.66 bits per heavy atom. The zero-order valence-electron chi connectivity index (χ0n) is 18.8. The van der Waals surface area contributed by atoms with Crippen LogP contribution in [0.25, 0.3) is 10.4 Å². The average Bonchev–Trinajstić information content (AvgIpc) is 3.10. The predicted molar refractivity (Wildman–Crippen MR) is 116 cm³/mol. The number of aliphatic hydroxyl groups excluding tert-OH is 5. The van der Waals surface area contributed by atoms with Gasteiger partial charge in [-0.1, -0.05) is 5.11 Å². The Kier molecular flexibility index (Phi) is 9.64. The number of aliphatic hydroxyl groups is 5. The topological polar surface area (TPSA) is 326 Å². The highest BCUT2D eigenvalue weighted by atomic mass is 31.3. The molecule has 0 aliphatic carbocycles. The summed E-state index contributed by atoms with van der Waals surface area (Å²) in [6.45, 7) is -1.64. The highest BCUT2D eigenvalue weighted by Gasteiger charge is 2.49. The number of hydrogen-bond acceptors (Lipinski definition) is 15. The quantitative estimate of drug-likeness (QED) is 0.0567. The van der Waals surface area contributed by atoms with Gasteiger partial charge in [-0.25, -0.2) is 13.9 Å². The summed E-state index contributed by atoms with van der Waals surface area (Å²) < 4.78 is 48.5. The van der Waals surface area contributed by atoms with Crippen LogP contribution in [0.5, 0.6) is 0 Å². The first-order valence-corrected chi connectivity index (χ1v) is 13.4. The zero-order chi connectivity index (χ0) is 28.4. The van der Waals surface area contributed by atoms with Gasteiger partial charge in [0.2, 0.25) is 0 Å². The minimum atomic E-state index is -5.63. The van der Waals surface area contributed by atoms with E-state index in [0.29, 0.717) is 0 Å². The normalized spacial score (nSPS) is 36.7. The van der Waals surface area contributed by atoms with Crippen molar-refractivity contribution < 1.29 is 67.3 Å². The van der Waals surface area contributed by atoms with Crippen LogP contribution < -0.4 is 11.2 Å². The van der Waals surface area contributed by atoms with Crippen LogP contribution in [0.3, 0.4) is 0 Å². The van der Waals surface area contributed by atoms with E-state index in [1.807, 2.05) is 4.98 Å². The molecule has 0 bridgehead atoms. The van der Waals surface area contributed by atoms with Crippen LogP contribution in [-0.2, 0) is 32.0 Å². The molecule has 214 valence electrons. The van der Waals surface area contributed by atoms with Gasteiger partial charge < -0.3 is 44.8 Å². The molecule has 2 aliphatic heterocycles. The van der Waals surface area contributed by atoms with Crippen LogP contribution in [0.4, 0.5) is 0 Å². The van der Waals surface area contributed by atoms with Gasteiger partial charge in [0, 0.05) is 17.2 Å². The molecule has 38 heavy (non-hydrogen) atoms. The summed E-state index contributed by atoms with van der Waals surface area (Å²) in [7, 11) is -11.1. The summed E-state index contributed by atoms with van der Waals surface area (Å²) in [5.41, 5.74) is 6.61. The number of ether oxygens (including phenoxy) is 2. The molecule has 8 N–H and O–H groups in total. The lowest BCUT2D eigenvalue weighted by Gasteiger charge is -2.39. The van der Waals surface area contributed by atoms with E-state index in [2.05, 4.69) is 23.4 Å². The molecule has 23 heteroatoms. The third-order valence-electron chi connectivity index (χ3n) is 5.30. The standard InChI is InChI=1S/C15H23N5O16P2/c16-19-17-3-5-8(22)10(24)12(26)14(34-5)35-38(30,31)36-37(28,29)32-4-6-9(23)11(25)13(33-6)20-2-1-7(21)18-15(20)27/h1-2,5-6,8-14,22-26H,3-4H2,(H,28,29)(H,30,31)(H,18,21,27)/t5?,6-,8+,9+,10+,11?,12?,13-,14-/m1/s1. The van der Waals surface area contributed by atoms with Crippen molar-refractivity contribution in [2.24, 2.45) is 5.11 Å². The highest BCUT2D eigenvalue weighted by molar-refractivity contribution is 7.61. The highest BCUT2D eigenvalue weighted by Crippen LogP contribution is 2.61. The maximum Gasteiger partial charge on any atom is 0.483 e. The molecule has 0 spiro atoms. The fourth-order valence-electron chi connectivity index (χ4n) is 3.47. The SMILES string of the molecule is [N-]=[N+]=NCC1O[C@H](OP(=O)(O)OP(=O)(O)OC[C@H]2O[C@@H](n3ccc(=O)[nH]c3=O)C(O)[C@H]2O)C(O)[C@@H](O)[C@H]1O. The van der Waals surface area contributed by atoms with E-state index in [1.54, 1.807) is 0 Å². The lowest BCUT2D eigenvalue weighted by Crippen LogP contribution is -2.58. The number of hydrogen-bond donors (Lipinski definition) is 8. The molecule has 2 aliphatic rings. The second kappa shape index (κ2) is 12.0. The number of azide groups is 1. The Morgan fingerprint density at radius 1 is 1.00 bits per heavy atom. The van der Waals surface area contributed by atoms with E-state index in [-0.39, 0.29) is 0 Å². The number of H-pyrrole nitrogens is 1. The van der Waals surface area contributed by atoms with Crippen molar-refractivity contribution in [3.63, 3.8) is 0 Å². The van der Waals surface area contributed by atoms with Gasteiger partial charge in [-0.15, -0.1) is 0 Å². The Balaban J connectivity index is 1.62. The molecule has 3 heterocycles. The first-order valence-electron chi connectivity index (χ1n) is 10.4. The van der Waals surface area contributed by atoms with Gasteiger partial charge in [0.05, 0.1) is 19.3 Å². The van der Waals surface area contributed by atoms with Gasteiger partial charge in [0.25, 0.3) is 5.56 Å². The van der Waals surface area contributed by atoms with Gasteiger partial charge in [-0.05, 0) is 5.53 Å². The molecule has 2 fully saturated rings. The molecule has 21 nitrogen and oxygen atoms in total. The van der Waals surface area contributed by atoms with Gasteiger partial charge in [0.1, 0.15) is 36.6 Å². The molecular formula is C15H23N5O16P2. The predicted octanol–water partition coefficient (Wildman–Crippen LogP) is -3.48. The second-order valence-electron chi connectivity index (χ2n) is 7.91. The first-order chi connectivity index (χ1) is 17.7. The molecule has 1 aromatic heterocycles. The van der Waals surface area contributed by atoms with Crippen LogP contribution in [0, 0.1) is 0 Å². The van der Waals surface area contributed by atoms with E-state index >= 15 is 0 Å². The Bertz CT molecular complexity index is 1250. The first kappa shape index (κ1) is 30.5. The second-order valence-corrected chi connectivity index (χ2v) is 10.9. The molecule has 0 aromatic carbocycles. The maximum atomic E-state index is 12.3. The summed E-state index contributed by atoms with van der Waals surface area (Å²) in [5.74, 6) is 0. The molecular weight excluding hydrogens is 568 g/mol. The number of aromatic nitrogens is 2. The van der Waals surface area contributed by atoms with Crippen LogP contribution >= 0.6 is 15.6 Å². The summed E-state index contributed by atoms with van der Waals surface area (Å²) in [6, 6.07) is 0.924. The molecule has 0 radical (unpaired) electrons. The van der Waals surface area contributed by atoms with Crippen molar-refractivity contribution in [1.82, 2.24) is 9.55 Å². The van der Waals surface area contributed by atoms with Gasteiger partial charge in [0.15, 0.2) is 12.5 Å². The van der Waals surface area contributed by atoms with Crippen molar-refractivity contribution >= 4 is 15.6 Å². The molecule has 5 unspecified atom stereocenters. The Labute approximate surface area is 210 Å². The van der Waals surface area contributed by atoms with Crippen LogP contribution in [-0.4, -0.2) is 107 Å². The van der Waals surface area contributed by atoms with Gasteiger partial charge >= 0.3 is 21.3 Å². The maximum absolute atomic E-state index is 12.3. The summed E-state index contributed by atoms with van der Waals surface area (Å²) in [6.07, 6.45) is -15.5. The molecule has 2 saturated heterocycles. The minimum Gasteiger partial charge on any atom is -0.388 e. The van der Waals surface area contributed by atoms with Crippen LogP contribution in [0.2, 0.25) is 0 Å². The Hall–Kier alpha value is -2.03. The third kappa shape index (κ3) is 7.13. The number of aromatic amines is 1. The van der Waals surface area contributed by atoms with Crippen molar-refractivity contribution in [2.75, 3.05) is 13.2 Å². The average molecular weight is 591 g/mol. The lowest BCUT2D eigenvalue weighted by molar-refractivity contribution is -0.272. The van der Waals surface area contributed by atoms with E-state index < -0.39 is 95.3 Å². The smallest absolute Gasteiger partial charge is 0.388 e. The number of phosphoric ester groups is 2. The van der Waals surface area contributed by atoms with E-state index in [4.69, 9.17) is 15.0 Å². The summed E-state index contributed by atoms with van der Waals surface area (Å²) in [5, 5.41) is 53.1. The van der Waals surface area contributed by atoms with Crippen molar-refractivity contribution in [2.45, 2.75) is 55.2 Å². The third-order valence-corrected chi connectivity index (χ3v) is 7.90.